The Labute approximate surface area is 127 Å². The van der Waals surface area contributed by atoms with Crippen molar-refractivity contribution in [3.63, 3.8) is 0 Å². The molecule has 0 atom stereocenters. The molecule has 0 unspecified atom stereocenters. The van der Waals surface area contributed by atoms with Crippen LogP contribution in [0, 0.1) is 6.92 Å². The Morgan fingerprint density at radius 2 is 1.95 bits per heavy atom. The van der Waals surface area contributed by atoms with Gasteiger partial charge in [0, 0.05) is 11.3 Å². The van der Waals surface area contributed by atoms with Crippen LogP contribution >= 0.6 is 0 Å². The van der Waals surface area contributed by atoms with Gasteiger partial charge in [-0.25, -0.2) is 4.98 Å². The zero-order valence-electron chi connectivity index (χ0n) is 12.0. The predicted octanol–water partition coefficient (Wildman–Crippen LogP) is 1.75. The summed E-state index contributed by atoms with van der Waals surface area (Å²) in [7, 11) is 0. The highest BCUT2D eigenvalue weighted by Gasteiger charge is 2.11. The van der Waals surface area contributed by atoms with E-state index >= 15 is 0 Å². The van der Waals surface area contributed by atoms with E-state index in [4.69, 9.17) is 11.5 Å². The summed E-state index contributed by atoms with van der Waals surface area (Å²) in [5.74, 6) is -0.702. The number of hydrogen-bond donors (Lipinski definition) is 2. The predicted molar refractivity (Wildman–Crippen MR) is 85.9 cm³/mol. The van der Waals surface area contributed by atoms with Gasteiger partial charge in [-0.3, -0.25) is 9.36 Å². The Balaban J connectivity index is 2.13. The maximum absolute atomic E-state index is 12.1. The van der Waals surface area contributed by atoms with E-state index in [1.165, 1.54) is 0 Å². The Hall–Kier alpha value is -3.15. The van der Waals surface area contributed by atoms with Crippen LogP contribution in [0.2, 0.25) is 0 Å². The second-order valence-corrected chi connectivity index (χ2v) is 4.94. The Morgan fingerprint density at radius 3 is 2.73 bits per heavy atom. The minimum atomic E-state index is -0.455. The van der Waals surface area contributed by atoms with Crippen LogP contribution in [0.4, 0.5) is 0 Å². The number of para-hydroxylation sites is 2. The second-order valence-electron chi connectivity index (χ2n) is 4.94. The van der Waals surface area contributed by atoms with Gasteiger partial charge in [0.1, 0.15) is 6.33 Å². The molecule has 1 amide bonds. The van der Waals surface area contributed by atoms with Gasteiger partial charge in [-0.05, 0) is 36.8 Å². The first-order valence-corrected chi connectivity index (χ1v) is 6.73. The molecule has 0 saturated carbocycles. The van der Waals surface area contributed by atoms with Gasteiger partial charge in [0.15, 0.2) is 5.96 Å². The molecule has 0 saturated heterocycles. The SMILES string of the molecule is Cc1ccc(-n2cnc3ccccc32)cc1C(=O)N=C(N)N. The van der Waals surface area contributed by atoms with Crippen molar-refractivity contribution in [3.8, 4) is 5.69 Å². The molecular formula is C16H15N5O. The number of amides is 1. The maximum atomic E-state index is 12.1. The number of benzene rings is 2. The number of guanidine groups is 1. The van der Waals surface area contributed by atoms with Gasteiger partial charge in [0.25, 0.3) is 5.91 Å². The van der Waals surface area contributed by atoms with Gasteiger partial charge in [0.2, 0.25) is 0 Å². The molecule has 6 heteroatoms. The fourth-order valence-corrected chi connectivity index (χ4v) is 2.33. The number of aryl methyl sites for hydroxylation is 1. The number of rotatable bonds is 2. The number of imidazole rings is 1. The molecule has 0 aliphatic carbocycles. The summed E-state index contributed by atoms with van der Waals surface area (Å²) >= 11 is 0. The normalized spacial score (nSPS) is 10.6. The molecule has 0 radical (unpaired) electrons. The highest BCUT2D eigenvalue weighted by Crippen LogP contribution is 2.21. The monoisotopic (exact) mass is 293 g/mol. The molecule has 22 heavy (non-hydrogen) atoms. The lowest BCUT2D eigenvalue weighted by Gasteiger charge is -2.08. The maximum Gasteiger partial charge on any atom is 0.280 e. The number of carbonyl (C=O) groups is 1. The van der Waals surface area contributed by atoms with Crippen LogP contribution in [0.15, 0.2) is 53.8 Å². The van der Waals surface area contributed by atoms with E-state index in [1.54, 1.807) is 12.4 Å². The van der Waals surface area contributed by atoms with Crippen molar-refractivity contribution in [3.05, 3.63) is 59.9 Å². The number of hydrogen-bond acceptors (Lipinski definition) is 2. The third kappa shape index (κ3) is 2.42. The molecule has 2 aromatic carbocycles. The van der Waals surface area contributed by atoms with Crippen molar-refractivity contribution in [2.75, 3.05) is 0 Å². The zero-order valence-corrected chi connectivity index (χ0v) is 12.0. The van der Waals surface area contributed by atoms with E-state index < -0.39 is 5.91 Å². The van der Waals surface area contributed by atoms with Crippen LogP contribution in [0.1, 0.15) is 15.9 Å². The molecule has 3 aromatic rings. The third-order valence-corrected chi connectivity index (χ3v) is 3.41. The van der Waals surface area contributed by atoms with Gasteiger partial charge >= 0.3 is 0 Å². The minimum absolute atomic E-state index is 0.247. The highest BCUT2D eigenvalue weighted by molar-refractivity contribution is 6.03. The lowest BCUT2D eigenvalue weighted by atomic mass is 10.1. The summed E-state index contributed by atoms with van der Waals surface area (Å²) in [5.41, 5.74) is 14.5. The Kier molecular flexibility index (Phi) is 3.34. The molecule has 1 heterocycles. The molecule has 110 valence electrons. The first-order valence-electron chi connectivity index (χ1n) is 6.73. The highest BCUT2D eigenvalue weighted by atomic mass is 16.1. The molecule has 0 spiro atoms. The van der Waals surface area contributed by atoms with Gasteiger partial charge in [-0.2, -0.15) is 4.99 Å². The standard InChI is InChI=1S/C16H15N5O/c1-10-6-7-11(8-12(10)15(22)20-16(17)18)21-9-19-13-4-2-3-5-14(13)21/h2-9H,1H3,(H4,17,18,20,22). The third-order valence-electron chi connectivity index (χ3n) is 3.41. The van der Waals surface area contributed by atoms with Gasteiger partial charge in [-0.15, -0.1) is 0 Å². The summed E-state index contributed by atoms with van der Waals surface area (Å²) in [6.07, 6.45) is 1.73. The molecule has 0 bridgehead atoms. The van der Waals surface area contributed by atoms with E-state index in [0.29, 0.717) is 5.56 Å². The van der Waals surface area contributed by atoms with Crippen LogP contribution in [-0.4, -0.2) is 21.4 Å². The lowest BCUT2D eigenvalue weighted by molar-refractivity contribution is 0.100. The van der Waals surface area contributed by atoms with Crippen molar-refractivity contribution < 1.29 is 4.79 Å². The number of carbonyl (C=O) groups excluding carboxylic acids is 1. The summed E-state index contributed by atoms with van der Waals surface area (Å²) in [6, 6.07) is 13.3. The van der Waals surface area contributed by atoms with Crippen molar-refractivity contribution in [2.24, 2.45) is 16.5 Å². The van der Waals surface area contributed by atoms with Crippen LogP contribution < -0.4 is 11.5 Å². The average molecular weight is 293 g/mol. The fourth-order valence-electron chi connectivity index (χ4n) is 2.33. The first kappa shape index (κ1) is 13.8. The lowest BCUT2D eigenvalue weighted by Crippen LogP contribution is -2.24. The number of nitrogens with zero attached hydrogens (tertiary/aromatic N) is 3. The summed E-state index contributed by atoms with van der Waals surface area (Å²) < 4.78 is 1.92. The van der Waals surface area contributed by atoms with Crippen LogP contribution in [0.5, 0.6) is 0 Å². The molecule has 0 fully saturated rings. The largest absolute Gasteiger partial charge is 0.370 e. The summed E-state index contributed by atoms with van der Waals surface area (Å²) in [6.45, 7) is 1.84. The van der Waals surface area contributed by atoms with Gasteiger partial charge in [-0.1, -0.05) is 18.2 Å². The number of aromatic nitrogens is 2. The zero-order chi connectivity index (χ0) is 15.7. The molecule has 4 N–H and O–H groups in total. The average Bonchev–Trinajstić information content (AvgIpc) is 2.91. The van der Waals surface area contributed by atoms with E-state index in [1.807, 2.05) is 47.9 Å². The van der Waals surface area contributed by atoms with E-state index in [2.05, 4.69) is 9.98 Å². The van der Waals surface area contributed by atoms with Crippen molar-refractivity contribution in [1.29, 1.82) is 0 Å². The minimum Gasteiger partial charge on any atom is -0.370 e. The molecule has 3 rings (SSSR count). The van der Waals surface area contributed by atoms with Crippen molar-refractivity contribution in [2.45, 2.75) is 6.92 Å². The van der Waals surface area contributed by atoms with Crippen LogP contribution in [0.25, 0.3) is 16.7 Å². The van der Waals surface area contributed by atoms with E-state index in [0.717, 1.165) is 22.3 Å². The van der Waals surface area contributed by atoms with Gasteiger partial charge in [0.05, 0.1) is 11.0 Å². The summed E-state index contributed by atoms with van der Waals surface area (Å²) in [5, 5.41) is 0. The molecular weight excluding hydrogens is 278 g/mol. The quantitative estimate of drug-likeness (QED) is 0.555. The second kappa shape index (κ2) is 5.33. The van der Waals surface area contributed by atoms with Crippen LogP contribution in [-0.2, 0) is 0 Å². The Morgan fingerprint density at radius 1 is 1.18 bits per heavy atom. The summed E-state index contributed by atoms with van der Waals surface area (Å²) in [4.78, 5) is 20.0. The van der Waals surface area contributed by atoms with Gasteiger partial charge < -0.3 is 11.5 Å². The first-order chi connectivity index (χ1) is 10.6. The van der Waals surface area contributed by atoms with Crippen molar-refractivity contribution >= 4 is 22.9 Å². The number of fused-ring (bicyclic) bond motifs is 1. The van der Waals surface area contributed by atoms with Crippen molar-refractivity contribution in [1.82, 2.24) is 9.55 Å². The van der Waals surface area contributed by atoms with E-state index in [9.17, 15) is 4.79 Å². The van der Waals surface area contributed by atoms with E-state index in [-0.39, 0.29) is 5.96 Å². The smallest absolute Gasteiger partial charge is 0.280 e. The number of nitrogens with two attached hydrogens (primary N) is 2. The topological polar surface area (TPSA) is 99.3 Å². The molecule has 0 aliphatic heterocycles. The fraction of sp³-hybridized carbons (Fsp3) is 0.0625. The molecule has 0 aliphatic rings. The Bertz CT molecular complexity index is 890. The molecule has 1 aromatic heterocycles. The number of aliphatic imine (C=N–C) groups is 1. The molecule has 6 nitrogen and oxygen atoms in total. The van der Waals surface area contributed by atoms with Crippen LogP contribution in [0.3, 0.4) is 0 Å².